The molecule has 0 spiro atoms. The first-order valence-electron chi connectivity index (χ1n) is 8.32. The third-order valence-corrected chi connectivity index (χ3v) is 4.52. The number of hydrogen-bond donors (Lipinski definition) is 4. The lowest BCUT2D eigenvalue weighted by atomic mass is 10.0. The maximum absolute atomic E-state index is 12.7. The summed E-state index contributed by atoms with van der Waals surface area (Å²) in [5, 5.41) is 15.2. The lowest BCUT2D eigenvalue weighted by Crippen LogP contribution is -2.57. The number of carbonyl (C=O) groups is 3. The minimum atomic E-state index is -1.60. The molecule has 26 heavy (non-hydrogen) atoms. The minimum absolute atomic E-state index is 0.196. The van der Waals surface area contributed by atoms with Crippen molar-refractivity contribution in [3.8, 4) is 0 Å². The first-order valence-corrected chi connectivity index (χ1v) is 8.32. The van der Waals surface area contributed by atoms with Crippen LogP contribution in [0.1, 0.15) is 46.2 Å². The number of hydrogen-bond acceptors (Lipinski definition) is 5. The van der Waals surface area contributed by atoms with E-state index in [9.17, 15) is 19.5 Å². The van der Waals surface area contributed by atoms with Gasteiger partial charge in [-0.1, -0.05) is 0 Å². The number of nitrogens with one attached hydrogen (secondary N) is 2. The molecule has 0 unspecified atom stereocenters. The molecular weight excluding hydrogens is 338 g/mol. The Morgan fingerprint density at radius 2 is 2.00 bits per heavy atom. The van der Waals surface area contributed by atoms with Crippen molar-refractivity contribution in [2.45, 2.75) is 38.3 Å². The number of nitrogens with two attached hydrogens (primary N) is 1. The fraction of sp³-hybridized carbons (Fsp3) is 0.389. The van der Waals surface area contributed by atoms with E-state index in [4.69, 9.17) is 10.2 Å². The molecule has 138 valence electrons. The van der Waals surface area contributed by atoms with Crippen molar-refractivity contribution in [2.24, 2.45) is 5.73 Å². The molecule has 8 heteroatoms. The van der Waals surface area contributed by atoms with E-state index in [1.54, 1.807) is 25.1 Å². The van der Waals surface area contributed by atoms with E-state index < -0.39 is 24.0 Å². The van der Waals surface area contributed by atoms with Gasteiger partial charge in [-0.2, -0.15) is 0 Å². The van der Waals surface area contributed by atoms with E-state index in [2.05, 4.69) is 10.6 Å². The normalized spacial score (nSPS) is 16.1. The Labute approximate surface area is 149 Å². The summed E-state index contributed by atoms with van der Waals surface area (Å²) in [6.45, 7) is 2.30. The zero-order valence-electron chi connectivity index (χ0n) is 14.6. The van der Waals surface area contributed by atoms with Crippen LogP contribution >= 0.6 is 0 Å². The number of benzene rings is 1. The zero-order valence-corrected chi connectivity index (χ0v) is 14.6. The molecule has 1 atom stereocenters. The average Bonchev–Trinajstić information content (AvgIpc) is 3.33. The van der Waals surface area contributed by atoms with E-state index in [0.717, 1.165) is 12.8 Å². The Kier molecular flexibility index (Phi) is 4.45. The number of furan rings is 1. The quantitative estimate of drug-likeness (QED) is 0.599. The summed E-state index contributed by atoms with van der Waals surface area (Å²) in [5.74, 6) is -1.35. The Morgan fingerprint density at radius 1 is 1.31 bits per heavy atom. The fourth-order valence-electron chi connectivity index (χ4n) is 2.63. The van der Waals surface area contributed by atoms with Crippen LogP contribution in [-0.2, 0) is 4.79 Å². The topological polar surface area (TPSA) is 135 Å². The van der Waals surface area contributed by atoms with Crippen LogP contribution in [0, 0.1) is 6.92 Å². The van der Waals surface area contributed by atoms with E-state index in [-0.39, 0.29) is 17.5 Å². The number of aryl methyl sites for hydroxylation is 1. The van der Waals surface area contributed by atoms with Gasteiger partial charge in [0.2, 0.25) is 5.91 Å². The lowest BCUT2D eigenvalue weighted by molar-refractivity contribution is -0.124. The summed E-state index contributed by atoms with van der Waals surface area (Å²) >= 11 is 0. The van der Waals surface area contributed by atoms with Gasteiger partial charge in [-0.3, -0.25) is 14.4 Å². The molecule has 3 rings (SSSR count). The Morgan fingerprint density at radius 3 is 2.58 bits per heavy atom. The lowest BCUT2D eigenvalue weighted by Gasteiger charge is -2.24. The summed E-state index contributed by atoms with van der Waals surface area (Å²) < 4.78 is 5.59. The Bertz CT molecular complexity index is 900. The smallest absolute Gasteiger partial charge is 0.256 e. The van der Waals surface area contributed by atoms with Crippen LogP contribution in [0.4, 0.5) is 0 Å². The molecule has 1 heterocycles. The fourth-order valence-corrected chi connectivity index (χ4v) is 2.63. The molecule has 0 aliphatic heterocycles. The van der Waals surface area contributed by atoms with Gasteiger partial charge in [0.25, 0.3) is 11.8 Å². The highest BCUT2D eigenvalue weighted by Crippen LogP contribution is 2.27. The molecule has 1 aliphatic rings. The number of rotatable bonds is 6. The number of carbonyl (C=O) groups excluding carboxylic acids is 3. The van der Waals surface area contributed by atoms with Crippen LogP contribution in [0.3, 0.4) is 0 Å². The summed E-state index contributed by atoms with van der Waals surface area (Å²) in [6.07, 6.45) is 1.94. The molecule has 0 saturated heterocycles. The predicted molar refractivity (Wildman–Crippen MR) is 93.6 cm³/mol. The van der Waals surface area contributed by atoms with Crippen LogP contribution in [0.25, 0.3) is 11.0 Å². The molecular formula is C18H21N3O5. The SMILES string of the molecule is Cc1oc2ccc(C(=O)NC3CC3)cc2c1C(=O)N[C@@](C)(CO)C(N)=O. The first kappa shape index (κ1) is 17.9. The standard InChI is InChI=1S/C18H21N3O5/c1-9-14(16(24)21-18(2,8-22)17(19)25)12-7-10(3-6-13(12)26-9)15(23)20-11-4-5-11/h3,6-7,11,22H,4-5,8H2,1-2H3,(H2,19,25)(H,20,23)(H,21,24)/t18-/m0/s1. The van der Waals surface area contributed by atoms with Crippen molar-refractivity contribution in [1.82, 2.24) is 10.6 Å². The van der Waals surface area contributed by atoms with Crippen LogP contribution in [-0.4, -0.2) is 41.0 Å². The molecule has 2 aromatic rings. The van der Waals surface area contributed by atoms with Crippen molar-refractivity contribution in [1.29, 1.82) is 0 Å². The monoisotopic (exact) mass is 359 g/mol. The van der Waals surface area contributed by atoms with Gasteiger partial charge in [-0.25, -0.2) is 0 Å². The maximum Gasteiger partial charge on any atom is 0.256 e. The van der Waals surface area contributed by atoms with E-state index in [1.807, 2.05) is 0 Å². The van der Waals surface area contributed by atoms with Crippen LogP contribution < -0.4 is 16.4 Å². The molecule has 3 amide bonds. The van der Waals surface area contributed by atoms with Crippen LogP contribution in [0.15, 0.2) is 22.6 Å². The van der Waals surface area contributed by atoms with Gasteiger partial charge in [0, 0.05) is 17.0 Å². The van der Waals surface area contributed by atoms with Gasteiger partial charge in [-0.05, 0) is 44.9 Å². The average molecular weight is 359 g/mol. The highest BCUT2D eigenvalue weighted by molar-refractivity contribution is 6.10. The molecule has 1 aliphatic carbocycles. The highest BCUT2D eigenvalue weighted by atomic mass is 16.3. The van der Waals surface area contributed by atoms with Gasteiger partial charge in [-0.15, -0.1) is 0 Å². The summed E-state index contributed by atoms with van der Waals surface area (Å²) in [5.41, 5.74) is 4.71. The molecule has 8 nitrogen and oxygen atoms in total. The summed E-state index contributed by atoms with van der Waals surface area (Å²) in [4.78, 5) is 36.5. The third kappa shape index (κ3) is 3.28. The number of aliphatic hydroxyl groups excluding tert-OH is 1. The van der Waals surface area contributed by atoms with Crippen molar-refractivity contribution in [2.75, 3.05) is 6.61 Å². The zero-order chi connectivity index (χ0) is 19.1. The predicted octanol–water partition coefficient (Wildman–Crippen LogP) is 0.600. The van der Waals surface area contributed by atoms with Gasteiger partial charge < -0.3 is 25.9 Å². The van der Waals surface area contributed by atoms with Crippen LogP contribution in [0.2, 0.25) is 0 Å². The van der Waals surface area contributed by atoms with E-state index in [0.29, 0.717) is 22.3 Å². The Hall–Kier alpha value is -2.87. The van der Waals surface area contributed by atoms with Crippen molar-refractivity contribution in [3.05, 3.63) is 35.1 Å². The van der Waals surface area contributed by atoms with Gasteiger partial charge in [0.05, 0.1) is 12.2 Å². The maximum atomic E-state index is 12.7. The van der Waals surface area contributed by atoms with Crippen molar-refractivity contribution < 1.29 is 23.9 Å². The largest absolute Gasteiger partial charge is 0.461 e. The third-order valence-electron chi connectivity index (χ3n) is 4.52. The van der Waals surface area contributed by atoms with Gasteiger partial charge in [0.1, 0.15) is 16.9 Å². The number of primary amides is 1. The Balaban J connectivity index is 1.96. The minimum Gasteiger partial charge on any atom is -0.461 e. The molecule has 1 aromatic heterocycles. The highest BCUT2D eigenvalue weighted by Gasteiger charge is 2.34. The van der Waals surface area contributed by atoms with Gasteiger partial charge >= 0.3 is 0 Å². The molecule has 1 saturated carbocycles. The number of amides is 3. The van der Waals surface area contributed by atoms with E-state index >= 15 is 0 Å². The first-order chi connectivity index (χ1) is 12.2. The number of aliphatic hydroxyl groups is 1. The second kappa shape index (κ2) is 6.45. The van der Waals surface area contributed by atoms with Crippen molar-refractivity contribution >= 4 is 28.7 Å². The molecule has 5 N–H and O–H groups in total. The molecule has 1 aromatic carbocycles. The van der Waals surface area contributed by atoms with Crippen molar-refractivity contribution in [3.63, 3.8) is 0 Å². The molecule has 0 bridgehead atoms. The van der Waals surface area contributed by atoms with Gasteiger partial charge in [0.15, 0.2) is 0 Å². The second-order valence-corrected chi connectivity index (χ2v) is 6.80. The molecule has 1 fully saturated rings. The molecule has 0 radical (unpaired) electrons. The number of fused-ring (bicyclic) bond motifs is 1. The summed E-state index contributed by atoms with van der Waals surface area (Å²) in [7, 11) is 0. The van der Waals surface area contributed by atoms with Crippen LogP contribution in [0.5, 0.6) is 0 Å². The summed E-state index contributed by atoms with van der Waals surface area (Å²) in [6, 6.07) is 5.05. The second-order valence-electron chi connectivity index (χ2n) is 6.80. The van der Waals surface area contributed by atoms with E-state index in [1.165, 1.54) is 6.92 Å².